The lowest BCUT2D eigenvalue weighted by atomic mass is 10.1. The lowest BCUT2D eigenvalue weighted by Crippen LogP contribution is -2.41. The van der Waals surface area contributed by atoms with Crippen molar-refractivity contribution in [2.75, 3.05) is 137 Å². The third-order valence-electron chi connectivity index (χ3n) is 18.6. The second-order valence-corrected chi connectivity index (χ2v) is 28.3. The maximum atomic E-state index is 13.5. The lowest BCUT2D eigenvalue weighted by Gasteiger charge is -2.26. The highest BCUT2D eigenvalue weighted by molar-refractivity contribution is 7.11. The van der Waals surface area contributed by atoms with E-state index in [9.17, 15) is 28.8 Å². The maximum Gasteiger partial charge on any atom is 0.260 e. The normalized spacial score (nSPS) is 16.1. The van der Waals surface area contributed by atoms with Gasteiger partial charge in [0.15, 0.2) is 17.5 Å². The SMILES string of the molecule is CCN(CC)CCNC(=O)c1c[nH]c(/C=C2\C(=O)N(Cc3ccn(C)n3)c3nc(N)nc(Cl)c32)c1C.Cc1nc(CN2C(=O)/C(=C\c3cc(C(=O)NCCN4CCOCC4)c[nH]3)c3c(Cl)nc(N)nc32)sc1C.Cn1cc(CN2C(=O)/C(=C\c3cc(C(=O)NCCN4CCOCC4)c[nH]3)c3c(Cl)nc(N)nc32)cn1. The summed E-state index contributed by atoms with van der Waals surface area (Å²) in [6.07, 6.45) is 15.1. The first kappa shape index (κ1) is 77.8. The van der Waals surface area contributed by atoms with Crippen LogP contribution in [0.1, 0.15) is 111 Å². The second kappa shape index (κ2) is 34.6. The smallest absolute Gasteiger partial charge is 0.260 e. The summed E-state index contributed by atoms with van der Waals surface area (Å²) in [6.45, 7) is 22.7. The maximum absolute atomic E-state index is 13.5. The van der Waals surface area contributed by atoms with Crippen LogP contribution in [0.25, 0.3) is 34.9 Å². The van der Waals surface area contributed by atoms with E-state index in [4.69, 9.17) is 61.5 Å². The Labute approximate surface area is 645 Å². The highest BCUT2D eigenvalue weighted by Gasteiger charge is 2.41. The minimum Gasteiger partial charge on any atom is -0.379 e. The number of likely N-dealkylation sites (N-methyl/N-ethyl adjacent to an activating group) is 1. The van der Waals surface area contributed by atoms with Gasteiger partial charge in [0.2, 0.25) is 17.8 Å². The van der Waals surface area contributed by atoms with Crippen molar-refractivity contribution in [3.63, 3.8) is 0 Å². The summed E-state index contributed by atoms with van der Waals surface area (Å²) in [5.74, 6) is -0.563. The average Bonchev–Trinajstić information content (AvgIpc) is 1.62. The Balaban J connectivity index is 0.000000152. The van der Waals surface area contributed by atoms with Crippen molar-refractivity contribution in [3.8, 4) is 0 Å². The molecule has 6 amide bonds. The number of ether oxygens (including phenoxy) is 2. The number of nitrogens with one attached hydrogen (secondary N) is 6. The molecule has 0 saturated carbocycles. The van der Waals surface area contributed by atoms with Crippen LogP contribution in [0.3, 0.4) is 0 Å². The summed E-state index contributed by atoms with van der Waals surface area (Å²) < 4.78 is 14.0. The number of carbonyl (C=O) groups is 6. The molecule has 38 heteroatoms. The van der Waals surface area contributed by atoms with Crippen molar-refractivity contribution in [2.24, 2.45) is 14.1 Å². The number of aryl methyl sites for hydroxylation is 4. The number of carbonyl (C=O) groups excluding carboxylic acids is 6. The highest BCUT2D eigenvalue weighted by Crippen LogP contribution is 2.45. The Hall–Kier alpha value is -10.8. The molecule has 109 heavy (non-hydrogen) atoms. The minimum absolute atomic E-state index is 0.0230. The van der Waals surface area contributed by atoms with Gasteiger partial charge in [0.05, 0.1) is 114 Å². The molecule has 5 aliphatic rings. The van der Waals surface area contributed by atoms with Gasteiger partial charge in [0.25, 0.3) is 35.4 Å². The zero-order valence-electron chi connectivity index (χ0n) is 61.0. The van der Waals surface area contributed by atoms with Crippen LogP contribution in [0.2, 0.25) is 15.5 Å². The van der Waals surface area contributed by atoms with Gasteiger partial charge < -0.3 is 62.5 Å². The van der Waals surface area contributed by atoms with Crippen LogP contribution in [0, 0.1) is 20.8 Å². The van der Waals surface area contributed by atoms with E-state index in [1.165, 1.54) is 26.0 Å². The van der Waals surface area contributed by atoms with Gasteiger partial charge in [-0.05, 0) is 75.9 Å². The Morgan fingerprint density at radius 2 is 1.08 bits per heavy atom. The fraction of sp³-hybridized carbons (Fsp3) is 0.366. The molecule has 2 fully saturated rings. The Morgan fingerprint density at radius 3 is 1.53 bits per heavy atom. The molecule has 0 radical (unpaired) electrons. The van der Waals surface area contributed by atoms with E-state index in [1.54, 1.807) is 84.8 Å². The second-order valence-electron chi connectivity index (χ2n) is 25.9. The molecule has 0 bridgehead atoms. The molecule has 0 unspecified atom stereocenters. The van der Waals surface area contributed by atoms with Gasteiger partial charge in [0.1, 0.15) is 20.5 Å². The van der Waals surface area contributed by atoms with Gasteiger partial charge in [-0.25, -0.2) is 19.9 Å². The van der Waals surface area contributed by atoms with Crippen LogP contribution in [-0.4, -0.2) is 225 Å². The fourth-order valence-corrected chi connectivity index (χ4v) is 14.5. The summed E-state index contributed by atoms with van der Waals surface area (Å²) in [7, 11) is 3.60. The Kier molecular flexibility index (Phi) is 24.7. The van der Waals surface area contributed by atoms with E-state index in [1.807, 2.05) is 33.0 Å². The number of hydrogen-bond donors (Lipinski definition) is 9. The van der Waals surface area contributed by atoms with Crippen LogP contribution < -0.4 is 47.9 Å². The molecule has 14 rings (SSSR count). The molecule has 14 heterocycles. The molecule has 0 aliphatic carbocycles. The van der Waals surface area contributed by atoms with Gasteiger partial charge in [-0.1, -0.05) is 48.7 Å². The van der Waals surface area contributed by atoms with Crippen molar-refractivity contribution < 1.29 is 38.2 Å². The number of fused-ring (bicyclic) bond motifs is 3. The van der Waals surface area contributed by atoms with E-state index < -0.39 is 0 Å². The molecular formula is C71H83Cl3N26O8S. The number of anilines is 6. The number of nitrogen functional groups attached to an aromatic ring is 3. The predicted molar refractivity (Wildman–Crippen MR) is 416 cm³/mol. The Bertz CT molecular complexity index is 4980. The van der Waals surface area contributed by atoms with Crippen molar-refractivity contribution in [1.29, 1.82) is 0 Å². The topological polar surface area (TPSA) is 428 Å². The molecule has 5 aliphatic heterocycles. The summed E-state index contributed by atoms with van der Waals surface area (Å²) in [5.41, 5.74) is 25.9. The molecule has 0 atom stereocenters. The van der Waals surface area contributed by atoms with Crippen molar-refractivity contribution in [2.45, 2.75) is 54.3 Å². The number of H-pyrrole nitrogens is 3. The van der Waals surface area contributed by atoms with Crippen molar-refractivity contribution >= 4 is 152 Å². The number of halogens is 3. The largest absolute Gasteiger partial charge is 0.379 e. The van der Waals surface area contributed by atoms with Crippen molar-refractivity contribution in [1.82, 2.24) is 100 Å². The van der Waals surface area contributed by atoms with E-state index in [-0.39, 0.29) is 88.4 Å². The van der Waals surface area contributed by atoms with Crippen LogP contribution >= 0.6 is 46.1 Å². The predicted octanol–water partition coefficient (Wildman–Crippen LogP) is 5.43. The van der Waals surface area contributed by atoms with E-state index in [0.29, 0.717) is 142 Å². The summed E-state index contributed by atoms with van der Waals surface area (Å²) in [6, 6.07) is 5.19. The monoisotopic (exact) mass is 1560 g/mol. The van der Waals surface area contributed by atoms with Crippen LogP contribution in [0.15, 0.2) is 55.4 Å². The lowest BCUT2D eigenvalue weighted by molar-refractivity contribution is -0.113. The molecule has 2 saturated heterocycles. The number of thiazole rings is 1. The Morgan fingerprint density at radius 1 is 0.606 bits per heavy atom. The van der Waals surface area contributed by atoms with Crippen LogP contribution in [0.4, 0.5) is 35.3 Å². The molecule has 9 aromatic heterocycles. The fourth-order valence-electron chi connectivity index (χ4n) is 12.7. The first-order valence-corrected chi connectivity index (χ1v) is 37.1. The molecular weight excluding hydrogens is 1480 g/mol. The number of nitrogens with two attached hydrogens (primary N) is 3. The molecule has 0 spiro atoms. The van der Waals surface area contributed by atoms with Crippen LogP contribution in [0.5, 0.6) is 0 Å². The van der Waals surface area contributed by atoms with E-state index in [2.05, 4.69) is 105 Å². The van der Waals surface area contributed by atoms with Gasteiger partial charge in [0, 0.05) is 138 Å². The van der Waals surface area contributed by atoms with Gasteiger partial charge in [-0.2, -0.15) is 25.1 Å². The summed E-state index contributed by atoms with van der Waals surface area (Å²) >= 11 is 20.8. The number of rotatable bonds is 23. The molecule has 34 nitrogen and oxygen atoms in total. The zero-order chi connectivity index (χ0) is 77.3. The molecule has 12 N–H and O–H groups in total. The zero-order valence-corrected chi connectivity index (χ0v) is 64.1. The highest BCUT2D eigenvalue weighted by atomic mass is 35.5. The van der Waals surface area contributed by atoms with Crippen molar-refractivity contribution in [3.05, 3.63) is 154 Å². The summed E-state index contributed by atoms with van der Waals surface area (Å²) in [5, 5.41) is 18.4. The third kappa shape index (κ3) is 18.2. The standard InChI is InChI=1S/C24H30ClN9O2.C24H27ClN8O3S.C23H26ClN9O3/c1-5-33(6-2)10-8-27-22(35)17-12-28-18(14(17)3)11-16-19-20(25)29-24(26)30-21(19)34(23(16)36)13-15-7-9-32(4)31-15;1-13-14(2)37-18(29-13)12-33-21-19(20(25)30-24(26)31-21)17(23(33)35)10-16-9-15(11-28-16)22(34)27-3-4-32-5-7-36-8-6-32;1-31-12-14(10-28-31)13-33-20-18(19(24)29-23(25)30-20)17(22(33)35)9-16-8-15(11-27-16)21(34)26-2-3-32-4-6-36-7-5-32/h7,9,11-12,28H,5-6,8,10,13H2,1-4H3,(H,27,35)(H2,26,29,30);9-11,28H,3-8,12H2,1-2H3,(H,27,34)(H2,26,30,31);8-12,27H,2-7,13H2,1H3,(H,26,34)(H2,25,29,30)/b16-11-;17-10-;17-9-. The number of morpholine rings is 2. The summed E-state index contributed by atoms with van der Waals surface area (Å²) in [4.78, 5) is 130. The van der Waals surface area contributed by atoms with Crippen LogP contribution in [-0.2, 0) is 57.6 Å². The van der Waals surface area contributed by atoms with Gasteiger partial charge >= 0.3 is 0 Å². The molecule has 9 aromatic rings. The quantitative estimate of drug-likeness (QED) is 0.0285. The molecule has 0 aromatic carbocycles. The third-order valence-corrected chi connectivity index (χ3v) is 20.5. The first-order valence-electron chi connectivity index (χ1n) is 35.1. The van der Waals surface area contributed by atoms with Gasteiger partial charge in [-0.15, -0.1) is 11.3 Å². The number of aromatic nitrogens is 14. The number of nitrogens with zero attached hydrogens (tertiary/aromatic N) is 17. The van der Waals surface area contributed by atoms with Gasteiger partial charge in [-0.3, -0.25) is 62.6 Å². The average molecular weight is 1570 g/mol. The van der Waals surface area contributed by atoms with E-state index >= 15 is 0 Å². The molecule has 572 valence electrons. The first-order chi connectivity index (χ1) is 52.4. The number of aromatic amines is 3. The number of amides is 6. The minimum atomic E-state index is -0.309. The number of hydrogen-bond acceptors (Lipinski definition) is 24. The van der Waals surface area contributed by atoms with E-state index in [0.717, 1.165) is 80.0 Å².